The van der Waals surface area contributed by atoms with Gasteiger partial charge in [-0.05, 0) is 42.0 Å². The average Bonchev–Trinajstić information content (AvgIpc) is 3.35. The zero-order valence-corrected chi connectivity index (χ0v) is 18.8. The predicted octanol–water partition coefficient (Wildman–Crippen LogP) is 4.89. The van der Waals surface area contributed by atoms with Crippen molar-refractivity contribution in [2.24, 2.45) is 0 Å². The van der Waals surface area contributed by atoms with Gasteiger partial charge in [0, 0.05) is 16.3 Å². The molecule has 8 heteroatoms. The molecule has 0 N–H and O–H groups in total. The van der Waals surface area contributed by atoms with Crippen LogP contribution >= 0.6 is 11.3 Å². The van der Waals surface area contributed by atoms with Gasteiger partial charge >= 0.3 is 0 Å². The van der Waals surface area contributed by atoms with Crippen LogP contribution in [-0.2, 0) is 17.9 Å². The molecule has 0 aliphatic carbocycles. The molecule has 2 heterocycles. The third-order valence-corrected chi connectivity index (χ3v) is 6.26. The monoisotopic (exact) mass is 470 g/mol. The van der Waals surface area contributed by atoms with Gasteiger partial charge in [-0.25, -0.2) is 9.37 Å². The van der Waals surface area contributed by atoms with E-state index in [1.807, 2.05) is 41.8 Å². The number of carbonyl (C=O) groups is 1. The van der Waals surface area contributed by atoms with Gasteiger partial charge < -0.3 is 0 Å². The molecule has 34 heavy (non-hydrogen) atoms. The highest BCUT2D eigenvalue weighted by atomic mass is 32.1. The molecule has 0 saturated carbocycles. The van der Waals surface area contributed by atoms with Crippen LogP contribution in [0.2, 0.25) is 0 Å². The van der Waals surface area contributed by atoms with E-state index in [0.29, 0.717) is 28.3 Å². The lowest BCUT2D eigenvalue weighted by molar-refractivity contribution is -0.119. The van der Waals surface area contributed by atoms with Crippen LogP contribution in [-0.4, -0.2) is 20.7 Å². The highest BCUT2D eigenvalue weighted by Gasteiger charge is 2.21. The first kappa shape index (κ1) is 21.7. The fraction of sp³-hybridized carbons (Fsp3) is 0.0769. The van der Waals surface area contributed by atoms with Crippen molar-refractivity contribution in [3.05, 3.63) is 112 Å². The number of aromatic nitrogens is 3. The second-order valence-corrected chi connectivity index (χ2v) is 8.51. The molecule has 168 valence electrons. The van der Waals surface area contributed by atoms with Crippen molar-refractivity contribution in [2.45, 2.75) is 13.1 Å². The van der Waals surface area contributed by atoms with Crippen LogP contribution < -0.4 is 10.3 Å². The molecule has 0 bridgehead atoms. The summed E-state index contributed by atoms with van der Waals surface area (Å²) >= 11 is 1.34. The molecule has 3 aromatic carbocycles. The van der Waals surface area contributed by atoms with Crippen molar-refractivity contribution in [3.63, 3.8) is 0 Å². The Morgan fingerprint density at radius 3 is 2.50 bits per heavy atom. The Morgan fingerprint density at radius 2 is 1.71 bits per heavy atom. The highest BCUT2D eigenvalue weighted by molar-refractivity contribution is 7.14. The number of rotatable bonds is 6. The summed E-state index contributed by atoms with van der Waals surface area (Å²) in [5, 5.41) is 7.08. The summed E-state index contributed by atoms with van der Waals surface area (Å²) in [6, 6.07) is 22.8. The van der Waals surface area contributed by atoms with Crippen LogP contribution in [0.15, 0.2) is 95.2 Å². The third kappa shape index (κ3) is 4.49. The topological polar surface area (TPSA) is 68.1 Å². The minimum Gasteiger partial charge on any atom is -0.287 e. The van der Waals surface area contributed by atoms with E-state index in [-0.39, 0.29) is 23.7 Å². The third-order valence-electron chi connectivity index (χ3n) is 5.39. The number of hydrogen-bond donors (Lipinski definition) is 0. The maximum absolute atomic E-state index is 13.5. The largest absolute Gasteiger partial charge is 0.287 e. The van der Waals surface area contributed by atoms with E-state index in [0.717, 1.165) is 11.1 Å². The van der Waals surface area contributed by atoms with Crippen LogP contribution in [0.5, 0.6) is 0 Å². The summed E-state index contributed by atoms with van der Waals surface area (Å²) in [5.41, 5.74) is 2.78. The standard InChI is InChI=1S/C26H19FN4O2S/c27-20-12-10-19(11-13-20)22-17-34-26(29-22)30(15-18-6-2-1-3-7-18)25(33)16-31-23-9-5-4-8-21(23)24(32)14-28-31/h1-14,17H,15-16H2. The van der Waals surface area contributed by atoms with E-state index in [9.17, 15) is 14.0 Å². The number of halogens is 1. The molecule has 5 aromatic rings. The average molecular weight is 471 g/mol. The summed E-state index contributed by atoms with van der Waals surface area (Å²) < 4.78 is 14.9. The normalized spacial score (nSPS) is 11.0. The first-order valence-corrected chi connectivity index (χ1v) is 11.5. The van der Waals surface area contributed by atoms with Crippen molar-refractivity contribution >= 4 is 33.3 Å². The van der Waals surface area contributed by atoms with Crippen LogP contribution in [0.25, 0.3) is 22.2 Å². The van der Waals surface area contributed by atoms with E-state index >= 15 is 0 Å². The van der Waals surface area contributed by atoms with Gasteiger partial charge in [0.25, 0.3) is 5.91 Å². The van der Waals surface area contributed by atoms with Crippen molar-refractivity contribution in [3.8, 4) is 11.3 Å². The van der Waals surface area contributed by atoms with Crippen molar-refractivity contribution < 1.29 is 9.18 Å². The van der Waals surface area contributed by atoms with E-state index < -0.39 is 0 Å². The lowest BCUT2D eigenvalue weighted by atomic mass is 10.2. The number of nitrogens with zero attached hydrogens (tertiary/aromatic N) is 4. The lowest BCUT2D eigenvalue weighted by Gasteiger charge is -2.21. The zero-order valence-electron chi connectivity index (χ0n) is 18.0. The van der Waals surface area contributed by atoms with Crippen LogP contribution in [0, 0.1) is 5.82 Å². The SMILES string of the molecule is O=C(Cn1ncc(=O)c2ccccc21)N(Cc1ccccc1)c1nc(-c2ccc(F)cc2)cs1. The van der Waals surface area contributed by atoms with Crippen molar-refractivity contribution in [1.29, 1.82) is 0 Å². The van der Waals surface area contributed by atoms with Crippen LogP contribution in [0.4, 0.5) is 9.52 Å². The maximum Gasteiger partial charge on any atom is 0.250 e. The second kappa shape index (κ2) is 9.36. The molecule has 1 amide bonds. The summed E-state index contributed by atoms with van der Waals surface area (Å²) in [7, 11) is 0. The van der Waals surface area contributed by atoms with Gasteiger partial charge in [0.05, 0.1) is 24.0 Å². The molecule has 0 spiro atoms. The number of fused-ring (bicyclic) bond motifs is 1. The molecular formula is C26H19FN4O2S. The molecule has 0 atom stereocenters. The summed E-state index contributed by atoms with van der Waals surface area (Å²) in [6.07, 6.45) is 1.23. The van der Waals surface area contributed by atoms with Gasteiger partial charge in [-0.2, -0.15) is 5.10 Å². The molecular weight excluding hydrogens is 451 g/mol. The predicted molar refractivity (Wildman–Crippen MR) is 131 cm³/mol. The Labute approximate surface area is 198 Å². The van der Waals surface area contributed by atoms with Crippen LogP contribution in [0.1, 0.15) is 5.56 Å². The lowest BCUT2D eigenvalue weighted by Crippen LogP contribution is -2.34. The number of carbonyl (C=O) groups excluding carboxylic acids is 1. The Hall–Kier alpha value is -4.17. The molecule has 0 fully saturated rings. The zero-order chi connectivity index (χ0) is 23.5. The van der Waals surface area contributed by atoms with Crippen molar-refractivity contribution in [2.75, 3.05) is 4.90 Å². The highest BCUT2D eigenvalue weighted by Crippen LogP contribution is 2.29. The van der Waals surface area contributed by atoms with Gasteiger partial charge in [0.1, 0.15) is 12.4 Å². The van der Waals surface area contributed by atoms with Gasteiger partial charge in [0.15, 0.2) is 5.13 Å². The molecule has 0 aliphatic rings. The van der Waals surface area contributed by atoms with E-state index in [1.54, 1.807) is 35.2 Å². The molecule has 2 aromatic heterocycles. The molecule has 0 radical (unpaired) electrons. The molecule has 5 rings (SSSR count). The van der Waals surface area contributed by atoms with E-state index in [2.05, 4.69) is 10.1 Å². The smallest absolute Gasteiger partial charge is 0.250 e. The molecule has 0 saturated heterocycles. The Kier molecular flexibility index (Phi) is 5.97. The number of thiazole rings is 1. The van der Waals surface area contributed by atoms with Gasteiger partial charge in [0.2, 0.25) is 5.43 Å². The Morgan fingerprint density at radius 1 is 0.971 bits per heavy atom. The Bertz CT molecular complexity index is 1510. The Balaban J connectivity index is 1.49. The molecule has 0 aliphatic heterocycles. The minimum absolute atomic E-state index is 0.0565. The number of hydrogen-bond acceptors (Lipinski definition) is 5. The number of para-hydroxylation sites is 1. The first-order chi connectivity index (χ1) is 16.6. The minimum atomic E-state index is -0.319. The molecule has 6 nitrogen and oxygen atoms in total. The van der Waals surface area contributed by atoms with Crippen LogP contribution in [0.3, 0.4) is 0 Å². The number of amides is 1. The fourth-order valence-electron chi connectivity index (χ4n) is 3.67. The quantitative estimate of drug-likeness (QED) is 0.354. The number of benzene rings is 3. The summed E-state index contributed by atoms with van der Waals surface area (Å²) in [6.45, 7) is 0.271. The summed E-state index contributed by atoms with van der Waals surface area (Å²) in [4.78, 5) is 32.0. The van der Waals surface area contributed by atoms with Gasteiger partial charge in [-0.15, -0.1) is 11.3 Å². The van der Waals surface area contributed by atoms with E-state index in [4.69, 9.17) is 0 Å². The van der Waals surface area contributed by atoms with E-state index in [1.165, 1.54) is 34.3 Å². The van der Waals surface area contributed by atoms with Gasteiger partial charge in [-0.1, -0.05) is 42.5 Å². The second-order valence-electron chi connectivity index (χ2n) is 7.67. The van der Waals surface area contributed by atoms with Crippen molar-refractivity contribution in [1.82, 2.24) is 14.8 Å². The summed E-state index contributed by atoms with van der Waals surface area (Å²) in [5.74, 6) is -0.536. The van der Waals surface area contributed by atoms with Gasteiger partial charge in [-0.3, -0.25) is 19.2 Å². The molecule has 0 unspecified atom stereocenters. The number of anilines is 1. The fourth-order valence-corrected chi connectivity index (χ4v) is 4.52. The first-order valence-electron chi connectivity index (χ1n) is 10.6. The maximum atomic E-state index is 13.5.